The van der Waals surface area contributed by atoms with Gasteiger partial charge in [0.25, 0.3) is 5.91 Å². The number of carbonyl (C=O) groups is 3. The lowest BCUT2D eigenvalue weighted by Crippen LogP contribution is -3.19. The molecular formula is C23H22N3O3+. The smallest absolute Gasteiger partial charge is 0.291 e. The maximum absolute atomic E-state index is 13.7. The predicted molar refractivity (Wildman–Crippen MR) is 106 cm³/mol. The van der Waals surface area contributed by atoms with Gasteiger partial charge in [-0.3, -0.25) is 14.4 Å². The van der Waals surface area contributed by atoms with Gasteiger partial charge in [-0.05, 0) is 31.2 Å². The zero-order valence-corrected chi connectivity index (χ0v) is 16.1. The van der Waals surface area contributed by atoms with Crippen LogP contribution < -0.4 is 15.1 Å². The van der Waals surface area contributed by atoms with Crippen LogP contribution in [0.5, 0.6) is 0 Å². The first-order valence-electron chi connectivity index (χ1n) is 10.3. The molecule has 4 aliphatic heterocycles. The Morgan fingerprint density at radius 2 is 1.86 bits per heavy atom. The lowest BCUT2D eigenvalue weighted by atomic mass is 9.75. The fraction of sp³-hybridized carbons (Fsp3) is 0.348. The molecule has 2 aromatic rings. The molecule has 1 spiro atoms. The molecule has 0 aliphatic carbocycles. The Balaban J connectivity index is 1.58. The van der Waals surface area contributed by atoms with Crippen molar-refractivity contribution in [3.63, 3.8) is 0 Å². The van der Waals surface area contributed by atoms with Gasteiger partial charge in [0.05, 0.1) is 17.9 Å². The van der Waals surface area contributed by atoms with Crippen molar-refractivity contribution in [2.75, 3.05) is 16.8 Å². The number of rotatable bonds is 1. The molecule has 3 saturated heterocycles. The summed E-state index contributed by atoms with van der Waals surface area (Å²) in [5.41, 5.74) is 2.29. The van der Waals surface area contributed by atoms with E-state index in [0.717, 1.165) is 41.1 Å². The summed E-state index contributed by atoms with van der Waals surface area (Å²) in [7, 11) is 0. The van der Waals surface area contributed by atoms with Crippen molar-refractivity contribution in [1.82, 2.24) is 0 Å². The number of para-hydroxylation sites is 1. The van der Waals surface area contributed by atoms with E-state index in [9.17, 15) is 14.4 Å². The van der Waals surface area contributed by atoms with Crippen LogP contribution in [-0.4, -0.2) is 30.3 Å². The topological polar surface area (TPSA) is 70.9 Å². The van der Waals surface area contributed by atoms with Gasteiger partial charge in [0.15, 0.2) is 0 Å². The van der Waals surface area contributed by atoms with Crippen molar-refractivity contribution in [3.05, 3.63) is 59.7 Å². The van der Waals surface area contributed by atoms with Crippen LogP contribution in [0.25, 0.3) is 0 Å². The number of nitrogens with zero attached hydrogens (tertiary/aromatic N) is 1. The van der Waals surface area contributed by atoms with E-state index in [0.29, 0.717) is 5.69 Å². The summed E-state index contributed by atoms with van der Waals surface area (Å²) in [5.74, 6) is -1.63. The predicted octanol–water partition coefficient (Wildman–Crippen LogP) is 1.01. The minimum Gasteiger partial charge on any atom is -0.320 e. The number of quaternary nitrogens is 1. The zero-order chi connectivity index (χ0) is 19.9. The Kier molecular flexibility index (Phi) is 3.23. The van der Waals surface area contributed by atoms with Crippen molar-refractivity contribution in [1.29, 1.82) is 0 Å². The first-order valence-corrected chi connectivity index (χ1v) is 10.3. The number of aryl methyl sites for hydroxylation is 1. The highest BCUT2D eigenvalue weighted by atomic mass is 16.2. The Hall–Kier alpha value is -2.99. The summed E-state index contributed by atoms with van der Waals surface area (Å²) in [6.07, 6.45) is 1.83. The molecule has 5 atom stereocenters. The zero-order valence-electron chi connectivity index (χ0n) is 16.1. The Morgan fingerprint density at radius 1 is 1.07 bits per heavy atom. The molecule has 146 valence electrons. The van der Waals surface area contributed by atoms with E-state index in [4.69, 9.17) is 0 Å². The van der Waals surface area contributed by atoms with Crippen molar-refractivity contribution >= 4 is 29.1 Å². The van der Waals surface area contributed by atoms with Crippen molar-refractivity contribution in [2.24, 2.45) is 11.8 Å². The standard InChI is InChI=1S/C23H21N3O3/c1-13-9-10-16-15(12-13)23(22(29)24-16)19-18(17-8-5-11-25(17)23)20(27)26(21(19)28)14-6-3-2-4-7-14/h2-4,6-7,9-10,12,17-19H,5,8,11H2,1H3,(H,24,29)/p+1/t17-,18+,19-,23-/m0/s1. The van der Waals surface area contributed by atoms with E-state index in [1.54, 1.807) is 12.1 Å². The fourth-order valence-corrected chi connectivity index (χ4v) is 6.41. The van der Waals surface area contributed by atoms with Gasteiger partial charge < -0.3 is 10.2 Å². The van der Waals surface area contributed by atoms with Crippen LogP contribution >= 0.6 is 0 Å². The average molecular weight is 388 g/mol. The second-order valence-corrected chi connectivity index (χ2v) is 8.69. The van der Waals surface area contributed by atoms with Gasteiger partial charge in [0.1, 0.15) is 17.9 Å². The van der Waals surface area contributed by atoms with E-state index in [1.165, 1.54) is 4.90 Å². The highest BCUT2D eigenvalue weighted by molar-refractivity contribution is 6.25. The number of nitrogens with one attached hydrogen (secondary N) is 2. The number of carbonyl (C=O) groups excluding carboxylic acids is 3. The molecule has 2 aromatic carbocycles. The first kappa shape index (κ1) is 16.9. The maximum Gasteiger partial charge on any atom is 0.291 e. The number of fused-ring (bicyclic) bond motifs is 7. The lowest BCUT2D eigenvalue weighted by molar-refractivity contribution is -0.948. The SMILES string of the molecule is Cc1ccc2c(c1)[C@@]1(C(=O)N2)[C@@H]2C(=O)N(c3ccccc3)C(=O)[C@@H]2[C@@H]2CCC[NH+]21. The van der Waals surface area contributed by atoms with Crippen LogP contribution in [0, 0.1) is 18.8 Å². The van der Waals surface area contributed by atoms with Gasteiger partial charge >= 0.3 is 0 Å². The molecule has 0 saturated carbocycles. The van der Waals surface area contributed by atoms with Crippen LogP contribution in [0.4, 0.5) is 11.4 Å². The minimum atomic E-state index is -1.01. The number of benzene rings is 2. The summed E-state index contributed by atoms with van der Waals surface area (Å²) < 4.78 is 0. The molecule has 3 fully saturated rings. The lowest BCUT2D eigenvalue weighted by Gasteiger charge is -2.33. The van der Waals surface area contributed by atoms with Crippen molar-refractivity contribution in [3.8, 4) is 0 Å². The van der Waals surface area contributed by atoms with Crippen LogP contribution in [0.2, 0.25) is 0 Å². The third-order valence-electron chi connectivity index (χ3n) is 7.39. The molecule has 3 amide bonds. The van der Waals surface area contributed by atoms with Gasteiger partial charge in [-0.15, -0.1) is 0 Å². The van der Waals surface area contributed by atoms with E-state index in [2.05, 4.69) is 5.32 Å². The van der Waals surface area contributed by atoms with Gasteiger partial charge in [-0.1, -0.05) is 29.8 Å². The van der Waals surface area contributed by atoms with Crippen LogP contribution in [0.3, 0.4) is 0 Å². The van der Waals surface area contributed by atoms with Gasteiger partial charge in [-0.25, -0.2) is 4.90 Å². The fourth-order valence-electron chi connectivity index (χ4n) is 6.41. The average Bonchev–Trinajstić information content (AvgIpc) is 3.41. The highest BCUT2D eigenvalue weighted by Crippen LogP contribution is 2.52. The first-order chi connectivity index (χ1) is 14.0. The van der Waals surface area contributed by atoms with Crippen LogP contribution in [0.15, 0.2) is 48.5 Å². The van der Waals surface area contributed by atoms with Crippen LogP contribution in [0.1, 0.15) is 24.0 Å². The molecule has 0 aromatic heterocycles. The molecule has 0 radical (unpaired) electrons. The van der Waals surface area contributed by atoms with E-state index >= 15 is 0 Å². The number of hydrogen-bond donors (Lipinski definition) is 2. The summed E-state index contributed by atoms with van der Waals surface area (Å²) in [6.45, 7) is 2.81. The monoisotopic (exact) mass is 388 g/mol. The number of anilines is 2. The summed E-state index contributed by atoms with van der Waals surface area (Å²) in [4.78, 5) is 43.2. The molecule has 6 rings (SSSR count). The highest BCUT2D eigenvalue weighted by Gasteiger charge is 2.78. The molecule has 0 bridgehead atoms. The van der Waals surface area contributed by atoms with Gasteiger partial charge in [0.2, 0.25) is 17.4 Å². The van der Waals surface area contributed by atoms with E-state index in [1.807, 2.05) is 43.3 Å². The van der Waals surface area contributed by atoms with E-state index in [-0.39, 0.29) is 23.8 Å². The van der Waals surface area contributed by atoms with Crippen molar-refractivity contribution in [2.45, 2.75) is 31.3 Å². The quantitative estimate of drug-likeness (QED) is 0.717. The van der Waals surface area contributed by atoms with Gasteiger partial charge in [-0.2, -0.15) is 0 Å². The molecule has 29 heavy (non-hydrogen) atoms. The molecule has 4 aliphatic rings. The Bertz CT molecular complexity index is 1080. The molecular weight excluding hydrogens is 366 g/mol. The maximum atomic E-state index is 13.7. The minimum absolute atomic E-state index is 0.00220. The molecule has 2 N–H and O–H groups in total. The molecule has 6 nitrogen and oxygen atoms in total. The summed E-state index contributed by atoms with van der Waals surface area (Å²) in [6, 6.07) is 15.0. The number of imide groups is 1. The van der Waals surface area contributed by atoms with Crippen LogP contribution in [-0.2, 0) is 19.9 Å². The Labute approximate surface area is 168 Å². The number of amides is 3. The number of hydrogen-bond acceptors (Lipinski definition) is 3. The largest absolute Gasteiger partial charge is 0.320 e. The van der Waals surface area contributed by atoms with Gasteiger partial charge in [0, 0.05) is 18.4 Å². The third kappa shape index (κ3) is 1.88. The normalized spacial score (nSPS) is 34.5. The van der Waals surface area contributed by atoms with Crippen molar-refractivity contribution < 1.29 is 19.3 Å². The molecule has 4 heterocycles. The second kappa shape index (κ2) is 5.54. The van der Waals surface area contributed by atoms with E-state index < -0.39 is 17.4 Å². The molecule has 6 heteroatoms. The Morgan fingerprint density at radius 3 is 2.66 bits per heavy atom. The summed E-state index contributed by atoms with van der Waals surface area (Å²) >= 11 is 0. The third-order valence-corrected chi connectivity index (χ3v) is 7.39. The molecule has 1 unspecified atom stereocenters. The second-order valence-electron chi connectivity index (χ2n) is 8.69. The summed E-state index contributed by atoms with van der Waals surface area (Å²) in [5, 5.41) is 3.03.